The molecule has 0 bridgehead atoms. The molecule has 1 N–H and O–H groups in total. The monoisotopic (exact) mass is 426 g/mol. The number of pyridine rings is 1. The molecule has 0 atom stereocenters. The van der Waals surface area contributed by atoms with E-state index in [0.29, 0.717) is 26.3 Å². The zero-order valence-electron chi connectivity index (χ0n) is 15.3. The van der Waals surface area contributed by atoms with Crippen LogP contribution in [-0.2, 0) is 19.7 Å². The predicted molar refractivity (Wildman–Crippen MR) is 111 cm³/mol. The third-order valence-electron chi connectivity index (χ3n) is 3.96. The van der Waals surface area contributed by atoms with Crippen LogP contribution in [0.5, 0.6) is 11.5 Å². The molecule has 2 aromatic carbocycles. The van der Waals surface area contributed by atoms with Crippen molar-refractivity contribution in [2.45, 2.75) is 26.6 Å². The van der Waals surface area contributed by atoms with E-state index in [-0.39, 0.29) is 0 Å². The van der Waals surface area contributed by atoms with Gasteiger partial charge in [-0.2, -0.15) is 0 Å². The lowest BCUT2D eigenvalue weighted by Crippen LogP contribution is -2.14. The van der Waals surface area contributed by atoms with Crippen LogP contribution in [0.4, 0.5) is 0 Å². The molecule has 5 heteroatoms. The van der Waals surface area contributed by atoms with E-state index in [1.165, 1.54) is 0 Å². The van der Waals surface area contributed by atoms with Crippen molar-refractivity contribution in [1.82, 2.24) is 10.3 Å². The number of nitrogens with zero attached hydrogens (tertiary/aromatic N) is 1. The maximum Gasteiger partial charge on any atom is 0.175 e. The first-order chi connectivity index (χ1) is 13.3. The van der Waals surface area contributed by atoms with Crippen molar-refractivity contribution in [1.29, 1.82) is 0 Å². The van der Waals surface area contributed by atoms with E-state index in [9.17, 15) is 0 Å². The summed E-state index contributed by atoms with van der Waals surface area (Å²) in [7, 11) is 0. The SMILES string of the molecule is CCOc1cc(CNCc2ccccn2)cc(Br)c1OCc1ccccc1. The van der Waals surface area contributed by atoms with Crippen LogP contribution >= 0.6 is 15.9 Å². The van der Waals surface area contributed by atoms with Crippen LogP contribution in [0, 0.1) is 0 Å². The van der Waals surface area contributed by atoms with E-state index in [4.69, 9.17) is 9.47 Å². The van der Waals surface area contributed by atoms with Gasteiger partial charge in [0.25, 0.3) is 0 Å². The quantitative estimate of drug-likeness (QED) is 0.515. The molecule has 4 nitrogen and oxygen atoms in total. The highest BCUT2D eigenvalue weighted by Gasteiger charge is 2.12. The summed E-state index contributed by atoms with van der Waals surface area (Å²) < 4.78 is 12.7. The molecule has 0 saturated carbocycles. The highest BCUT2D eigenvalue weighted by atomic mass is 79.9. The van der Waals surface area contributed by atoms with Crippen LogP contribution in [0.25, 0.3) is 0 Å². The van der Waals surface area contributed by atoms with Crippen molar-refractivity contribution in [2.24, 2.45) is 0 Å². The Hall–Kier alpha value is -2.37. The minimum absolute atomic E-state index is 0.497. The van der Waals surface area contributed by atoms with E-state index in [2.05, 4.69) is 32.3 Å². The molecule has 0 aliphatic heterocycles. The Morgan fingerprint density at radius 1 is 0.926 bits per heavy atom. The summed E-state index contributed by atoms with van der Waals surface area (Å²) >= 11 is 3.63. The van der Waals surface area contributed by atoms with Gasteiger partial charge in [0.2, 0.25) is 0 Å². The van der Waals surface area contributed by atoms with E-state index in [1.54, 1.807) is 6.20 Å². The Bertz CT molecular complexity index is 842. The van der Waals surface area contributed by atoms with Gasteiger partial charge >= 0.3 is 0 Å². The molecule has 1 aromatic heterocycles. The summed E-state index contributed by atoms with van der Waals surface area (Å²) in [5, 5.41) is 3.41. The second-order valence-corrected chi connectivity index (χ2v) is 6.89. The zero-order valence-corrected chi connectivity index (χ0v) is 16.9. The summed E-state index contributed by atoms with van der Waals surface area (Å²) in [6.45, 7) is 4.49. The number of hydrogen-bond acceptors (Lipinski definition) is 4. The second kappa shape index (κ2) is 10.1. The Morgan fingerprint density at radius 3 is 2.48 bits per heavy atom. The van der Waals surface area contributed by atoms with Crippen molar-refractivity contribution in [3.63, 3.8) is 0 Å². The fourth-order valence-electron chi connectivity index (χ4n) is 2.69. The summed E-state index contributed by atoms with van der Waals surface area (Å²) in [6, 6.07) is 20.1. The average molecular weight is 427 g/mol. The zero-order chi connectivity index (χ0) is 18.9. The molecule has 0 amide bonds. The molecule has 0 unspecified atom stereocenters. The Labute approximate surface area is 168 Å². The van der Waals surface area contributed by atoms with Gasteiger partial charge in [0.15, 0.2) is 11.5 Å². The van der Waals surface area contributed by atoms with Gasteiger partial charge in [-0.25, -0.2) is 0 Å². The fraction of sp³-hybridized carbons (Fsp3) is 0.227. The third-order valence-corrected chi connectivity index (χ3v) is 4.55. The van der Waals surface area contributed by atoms with Crippen molar-refractivity contribution in [2.75, 3.05) is 6.61 Å². The Kier molecular flexibility index (Phi) is 7.25. The van der Waals surface area contributed by atoms with E-state index < -0.39 is 0 Å². The molecular weight excluding hydrogens is 404 g/mol. The molecule has 27 heavy (non-hydrogen) atoms. The van der Waals surface area contributed by atoms with Crippen LogP contribution in [0.15, 0.2) is 71.3 Å². The van der Waals surface area contributed by atoms with Crippen LogP contribution in [-0.4, -0.2) is 11.6 Å². The first-order valence-corrected chi connectivity index (χ1v) is 9.78. The van der Waals surface area contributed by atoms with Crippen LogP contribution < -0.4 is 14.8 Å². The Morgan fingerprint density at radius 2 is 1.74 bits per heavy atom. The van der Waals surface area contributed by atoms with Crippen LogP contribution in [0.2, 0.25) is 0 Å². The predicted octanol–water partition coefficient (Wildman–Crippen LogP) is 5.11. The highest BCUT2D eigenvalue weighted by molar-refractivity contribution is 9.10. The molecular formula is C22H23BrN2O2. The fourth-order valence-corrected chi connectivity index (χ4v) is 3.30. The number of rotatable bonds is 9. The molecule has 1 heterocycles. The minimum atomic E-state index is 0.497. The largest absolute Gasteiger partial charge is 0.490 e. The van der Waals surface area contributed by atoms with Gasteiger partial charge in [-0.15, -0.1) is 0 Å². The number of hydrogen-bond donors (Lipinski definition) is 1. The average Bonchev–Trinajstić information content (AvgIpc) is 2.69. The molecule has 140 valence electrons. The molecule has 0 saturated heterocycles. The lowest BCUT2D eigenvalue weighted by molar-refractivity contribution is 0.267. The summed E-state index contributed by atoms with van der Waals surface area (Å²) in [5.74, 6) is 1.48. The van der Waals surface area contributed by atoms with Gasteiger partial charge in [-0.3, -0.25) is 4.98 Å². The molecule has 0 fully saturated rings. The van der Waals surface area contributed by atoms with Crippen LogP contribution in [0.3, 0.4) is 0 Å². The smallest absolute Gasteiger partial charge is 0.175 e. The lowest BCUT2D eigenvalue weighted by Gasteiger charge is -2.16. The second-order valence-electron chi connectivity index (χ2n) is 6.04. The van der Waals surface area contributed by atoms with Crippen molar-refractivity contribution in [3.8, 4) is 11.5 Å². The van der Waals surface area contributed by atoms with E-state index in [1.807, 2.05) is 61.5 Å². The van der Waals surface area contributed by atoms with Crippen LogP contribution in [0.1, 0.15) is 23.7 Å². The topological polar surface area (TPSA) is 43.4 Å². The number of ether oxygens (including phenoxy) is 2. The van der Waals surface area contributed by atoms with Crippen molar-refractivity contribution in [3.05, 3.63) is 88.2 Å². The highest BCUT2D eigenvalue weighted by Crippen LogP contribution is 2.37. The number of nitrogens with one attached hydrogen (secondary N) is 1. The maximum atomic E-state index is 6.03. The van der Waals surface area contributed by atoms with Gasteiger partial charge in [-0.05, 0) is 58.2 Å². The molecule has 0 aliphatic rings. The summed E-state index contributed by atoms with van der Waals surface area (Å²) in [4.78, 5) is 4.33. The van der Waals surface area contributed by atoms with Gasteiger partial charge < -0.3 is 14.8 Å². The molecule has 3 aromatic rings. The van der Waals surface area contributed by atoms with Crippen molar-refractivity contribution < 1.29 is 9.47 Å². The molecule has 0 spiro atoms. The maximum absolute atomic E-state index is 6.03. The first kappa shape index (κ1) is 19.4. The number of aromatic nitrogens is 1. The first-order valence-electron chi connectivity index (χ1n) is 8.99. The summed E-state index contributed by atoms with van der Waals surface area (Å²) in [5.41, 5.74) is 3.26. The number of benzene rings is 2. The van der Waals surface area contributed by atoms with Gasteiger partial charge in [-0.1, -0.05) is 36.4 Å². The molecule has 0 radical (unpaired) electrons. The van der Waals surface area contributed by atoms with Gasteiger partial charge in [0.05, 0.1) is 16.8 Å². The van der Waals surface area contributed by atoms with Gasteiger partial charge in [0.1, 0.15) is 6.61 Å². The molecule has 0 aliphatic carbocycles. The van der Waals surface area contributed by atoms with Gasteiger partial charge in [0, 0.05) is 19.3 Å². The molecule has 3 rings (SSSR count). The minimum Gasteiger partial charge on any atom is -0.490 e. The van der Waals surface area contributed by atoms with E-state index in [0.717, 1.165) is 32.8 Å². The van der Waals surface area contributed by atoms with E-state index >= 15 is 0 Å². The Balaban J connectivity index is 1.67. The normalized spacial score (nSPS) is 10.6. The standard InChI is InChI=1S/C22H23BrN2O2/c1-2-26-21-13-18(14-24-15-19-10-6-7-11-25-19)12-20(23)22(21)27-16-17-8-4-3-5-9-17/h3-13,24H,2,14-16H2,1H3. The van der Waals surface area contributed by atoms with Crippen molar-refractivity contribution >= 4 is 15.9 Å². The number of halogens is 1. The summed E-state index contributed by atoms with van der Waals surface area (Å²) in [6.07, 6.45) is 1.81. The third kappa shape index (κ3) is 5.81. The lowest BCUT2D eigenvalue weighted by atomic mass is 10.2.